The zero-order valence-corrected chi connectivity index (χ0v) is 10.5. The van der Waals surface area contributed by atoms with Gasteiger partial charge in [0.2, 0.25) is 0 Å². The first-order chi connectivity index (χ1) is 9.59. The molecule has 0 saturated carbocycles. The van der Waals surface area contributed by atoms with E-state index >= 15 is 0 Å². The number of rotatable bonds is 3. The van der Waals surface area contributed by atoms with E-state index in [4.69, 9.17) is 19.7 Å². The fraction of sp³-hybridized carbons (Fsp3) is 0. The summed E-state index contributed by atoms with van der Waals surface area (Å²) in [6.07, 6.45) is 1.57. The largest absolute Gasteiger partial charge is 0.504 e. The Labute approximate surface area is 116 Å². The second-order valence-electron chi connectivity index (χ2n) is 3.58. The molecule has 0 aliphatic heterocycles. The van der Waals surface area contributed by atoms with Crippen LogP contribution in [-0.4, -0.2) is 21.5 Å². The minimum atomic E-state index is -1.83. The molecule has 0 spiro atoms. The van der Waals surface area contributed by atoms with Gasteiger partial charge in [-0.25, -0.2) is 4.79 Å². The molecule has 0 aliphatic carbocycles. The van der Waals surface area contributed by atoms with E-state index in [1.165, 1.54) is 0 Å². The van der Waals surface area contributed by atoms with Gasteiger partial charge in [-0.15, -0.1) is 0 Å². The van der Waals surface area contributed by atoms with Crippen molar-refractivity contribution in [2.75, 3.05) is 0 Å². The summed E-state index contributed by atoms with van der Waals surface area (Å²) in [6, 6.07) is 16.7. The molecule has 0 aromatic heterocycles. The molecule has 3 N–H and O–H groups in total. The first-order valence-electron chi connectivity index (χ1n) is 5.67. The molecule has 2 aromatic carbocycles. The summed E-state index contributed by atoms with van der Waals surface area (Å²) in [7, 11) is 0. The first-order valence-corrected chi connectivity index (χ1v) is 5.67. The van der Waals surface area contributed by atoms with E-state index in [9.17, 15) is 5.11 Å². The molecule has 2 aromatic rings. The summed E-state index contributed by atoms with van der Waals surface area (Å²) >= 11 is 0. The lowest BCUT2D eigenvalue weighted by molar-refractivity contribution is 0.137. The molecule has 0 unspecified atom stereocenters. The van der Waals surface area contributed by atoms with Gasteiger partial charge in [-0.3, -0.25) is 0 Å². The molecule has 2 rings (SSSR count). The van der Waals surface area contributed by atoms with Crippen LogP contribution in [0.3, 0.4) is 0 Å². The number of aromatic hydroxyl groups is 1. The molecular weight excluding hydrogens is 260 g/mol. The van der Waals surface area contributed by atoms with E-state index in [1.54, 1.807) is 24.5 Å². The highest BCUT2D eigenvalue weighted by molar-refractivity contribution is 5.53. The van der Waals surface area contributed by atoms with Gasteiger partial charge in [-0.1, -0.05) is 42.5 Å². The summed E-state index contributed by atoms with van der Waals surface area (Å²) in [5, 5.41) is 23.4. The van der Waals surface area contributed by atoms with E-state index in [-0.39, 0.29) is 5.75 Å². The van der Waals surface area contributed by atoms with Crippen molar-refractivity contribution in [1.29, 1.82) is 0 Å². The van der Waals surface area contributed by atoms with Crippen molar-refractivity contribution in [3.05, 3.63) is 66.4 Å². The number of para-hydroxylation sites is 2. The molecule has 104 valence electrons. The molecule has 0 bridgehead atoms. The quantitative estimate of drug-likeness (QED) is 0.743. The topological polar surface area (TPSA) is 87.0 Å². The summed E-state index contributed by atoms with van der Waals surface area (Å²) in [5.74, 6) is 0.592. The van der Waals surface area contributed by atoms with Gasteiger partial charge < -0.3 is 20.1 Å². The molecule has 0 atom stereocenters. The average molecular weight is 274 g/mol. The Morgan fingerprint density at radius 3 is 2.10 bits per heavy atom. The Bertz CT molecular complexity index is 559. The van der Waals surface area contributed by atoms with Crippen LogP contribution in [0.4, 0.5) is 4.79 Å². The maximum Gasteiger partial charge on any atom is 0.503 e. The van der Waals surface area contributed by atoms with Crippen LogP contribution in [0.15, 0.2) is 60.9 Å². The van der Waals surface area contributed by atoms with E-state index in [0.29, 0.717) is 5.75 Å². The molecule has 5 heteroatoms. The summed E-state index contributed by atoms with van der Waals surface area (Å²) in [6.45, 7) is 0. The molecule has 5 nitrogen and oxygen atoms in total. The van der Waals surface area contributed by atoms with Crippen molar-refractivity contribution in [2.45, 2.75) is 0 Å². The van der Waals surface area contributed by atoms with E-state index in [1.807, 2.05) is 42.5 Å². The van der Waals surface area contributed by atoms with Crippen molar-refractivity contribution >= 4 is 12.2 Å². The van der Waals surface area contributed by atoms with Gasteiger partial charge in [0.25, 0.3) is 0 Å². The molecular formula is C15H14O5. The minimum Gasteiger partial charge on any atom is -0.504 e. The van der Waals surface area contributed by atoms with Crippen LogP contribution in [0, 0.1) is 0 Å². The third kappa shape index (κ3) is 6.11. The molecule has 0 aliphatic rings. The van der Waals surface area contributed by atoms with Gasteiger partial charge in [0, 0.05) is 0 Å². The lowest BCUT2D eigenvalue weighted by atomic mass is 10.2. The fourth-order valence-corrected chi connectivity index (χ4v) is 1.31. The second-order valence-corrected chi connectivity index (χ2v) is 3.58. The van der Waals surface area contributed by atoms with Gasteiger partial charge in [0.1, 0.15) is 0 Å². The van der Waals surface area contributed by atoms with Crippen LogP contribution >= 0.6 is 0 Å². The number of carbonyl (C=O) groups is 1. The number of carboxylic acid groups (broad SMARTS) is 2. The lowest BCUT2D eigenvalue weighted by Gasteiger charge is -2.01. The predicted molar refractivity (Wildman–Crippen MR) is 74.9 cm³/mol. The van der Waals surface area contributed by atoms with E-state index in [2.05, 4.69) is 0 Å². The zero-order valence-electron chi connectivity index (χ0n) is 10.5. The normalized spacial score (nSPS) is 9.60. The van der Waals surface area contributed by atoms with Crippen molar-refractivity contribution in [1.82, 2.24) is 0 Å². The van der Waals surface area contributed by atoms with E-state index in [0.717, 1.165) is 5.56 Å². The van der Waals surface area contributed by atoms with Crippen LogP contribution < -0.4 is 4.74 Å². The molecule has 20 heavy (non-hydrogen) atoms. The van der Waals surface area contributed by atoms with Gasteiger partial charge in [0.05, 0.1) is 6.26 Å². The highest BCUT2D eigenvalue weighted by Gasteiger charge is 1.96. The van der Waals surface area contributed by atoms with Gasteiger partial charge in [-0.2, -0.15) is 0 Å². The molecule has 0 radical (unpaired) electrons. The highest BCUT2D eigenvalue weighted by atomic mass is 16.6. The van der Waals surface area contributed by atoms with Gasteiger partial charge >= 0.3 is 6.16 Å². The summed E-state index contributed by atoms with van der Waals surface area (Å²) < 4.78 is 5.31. The number of hydrogen-bond donors (Lipinski definition) is 3. The zero-order chi connectivity index (χ0) is 14.8. The predicted octanol–water partition coefficient (Wildman–Crippen LogP) is 3.66. The minimum absolute atomic E-state index is 0.139. The average Bonchev–Trinajstić information content (AvgIpc) is 2.42. The Hall–Kier alpha value is -2.95. The fourth-order valence-electron chi connectivity index (χ4n) is 1.31. The van der Waals surface area contributed by atoms with Crippen molar-refractivity contribution < 1.29 is 24.9 Å². The molecule has 0 fully saturated rings. The van der Waals surface area contributed by atoms with E-state index < -0.39 is 6.16 Å². The van der Waals surface area contributed by atoms with Crippen LogP contribution in [-0.2, 0) is 0 Å². The number of hydrogen-bond acceptors (Lipinski definition) is 3. The number of ether oxygens (including phenoxy) is 1. The molecule has 0 saturated heterocycles. The highest BCUT2D eigenvalue weighted by Crippen LogP contribution is 2.24. The monoisotopic (exact) mass is 274 g/mol. The summed E-state index contributed by atoms with van der Waals surface area (Å²) in [5.41, 5.74) is 1.05. The number of benzene rings is 2. The number of phenols is 1. The Kier molecular flexibility index (Phi) is 6.20. The SMILES string of the molecule is O=C(O)O.Oc1ccccc1OC=Cc1ccccc1. The Balaban J connectivity index is 0.000000444. The van der Waals surface area contributed by atoms with Crippen molar-refractivity contribution in [3.8, 4) is 11.5 Å². The lowest BCUT2D eigenvalue weighted by Crippen LogP contribution is -1.82. The third-order valence-electron chi connectivity index (χ3n) is 2.12. The van der Waals surface area contributed by atoms with Crippen LogP contribution in [0.1, 0.15) is 5.56 Å². The van der Waals surface area contributed by atoms with Crippen LogP contribution in [0.2, 0.25) is 0 Å². The van der Waals surface area contributed by atoms with Crippen molar-refractivity contribution in [2.24, 2.45) is 0 Å². The molecule has 0 heterocycles. The third-order valence-corrected chi connectivity index (χ3v) is 2.12. The van der Waals surface area contributed by atoms with Crippen molar-refractivity contribution in [3.63, 3.8) is 0 Å². The second kappa shape index (κ2) is 8.20. The maximum absolute atomic E-state index is 9.45. The first kappa shape index (κ1) is 15.1. The van der Waals surface area contributed by atoms with Gasteiger partial charge in [-0.05, 0) is 23.8 Å². The smallest absolute Gasteiger partial charge is 0.503 e. The molecule has 0 amide bonds. The summed E-state index contributed by atoms with van der Waals surface area (Å²) in [4.78, 5) is 8.56. The number of phenolic OH excluding ortho intramolecular Hbond substituents is 1. The Morgan fingerprint density at radius 1 is 0.950 bits per heavy atom. The van der Waals surface area contributed by atoms with Crippen LogP contribution in [0.25, 0.3) is 6.08 Å². The van der Waals surface area contributed by atoms with Crippen LogP contribution in [0.5, 0.6) is 11.5 Å². The van der Waals surface area contributed by atoms with Gasteiger partial charge in [0.15, 0.2) is 11.5 Å². The maximum atomic E-state index is 9.45. The standard InChI is InChI=1S/C14H12O2.CH2O3/c15-13-8-4-5-9-14(13)16-11-10-12-6-2-1-3-7-12;2-1(3)4/h1-11,15H;(H2,2,3,4). The Morgan fingerprint density at radius 2 is 1.50 bits per heavy atom.